The van der Waals surface area contributed by atoms with E-state index in [4.69, 9.17) is 4.74 Å². The Labute approximate surface area is 114 Å². The standard InChI is InChI=1S/C13H24N2O2S/c1-6-13(4)8-18-12(15-13)14-10(7-9(2)3)11(16)17-5/h9-10H,6-8H2,1-5H3,(H,14,15). The number of rotatable bonds is 5. The molecule has 0 aromatic carbocycles. The fraction of sp³-hybridized carbons (Fsp3) is 0.846. The molecule has 4 nitrogen and oxygen atoms in total. The lowest BCUT2D eigenvalue weighted by molar-refractivity contribution is -0.142. The zero-order valence-electron chi connectivity index (χ0n) is 11.9. The van der Waals surface area contributed by atoms with Crippen LogP contribution in [0.15, 0.2) is 4.99 Å². The summed E-state index contributed by atoms with van der Waals surface area (Å²) in [4.78, 5) is 16.2. The number of carbonyl (C=O) groups is 1. The van der Waals surface area contributed by atoms with Gasteiger partial charge in [0.1, 0.15) is 0 Å². The summed E-state index contributed by atoms with van der Waals surface area (Å²) < 4.78 is 4.82. The summed E-state index contributed by atoms with van der Waals surface area (Å²) in [5, 5.41) is 4.28. The van der Waals surface area contributed by atoms with E-state index in [1.165, 1.54) is 7.11 Å². The van der Waals surface area contributed by atoms with Crippen molar-refractivity contribution < 1.29 is 9.53 Å². The highest BCUT2D eigenvalue weighted by Crippen LogP contribution is 2.26. The van der Waals surface area contributed by atoms with Crippen LogP contribution in [0.5, 0.6) is 0 Å². The lowest BCUT2D eigenvalue weighted by Gasteiger charge is -2.21. The van der Waals surface area contributed by atoms with E-state index < -0.39 is 0 Å². The minimum Gasteiger partial charge on any atom is -0.467 e. The Morgan fingerprint density at radius 1 is 1.61 bits per heavy atom. The van der Waals surface area contributed by atoms with Gasteiger partial charge in [-0.25, -0.2) is 9.79 Å². The SMILES string of the molecule is CCC1(C)CSC(=NC(CC(C)C)C(=O)OC)N1. The second-order valence-electron chi connectivity index (χ2n) is 5.43. The van der Waals surface area contributed by atoms with Crippen molar-refractivity contribution in [3.63, 3.8) is 0 Å². The minimum absolute atomic E-state index is 0.0992. The summed E-state index contributed by atoms with van der Waals surface area (Å²) in [7, 11) is 1.42. The van der Waals surface area contributed by atoms with Gasteiger partial charge in [0, 0.05) is 11.3 Å². The van der Waals surface area contributed by atoms with Crippen molar-refractivity contribution in [2.24, 2.45) is 10.9 Å². The molecule has 0 aliphatic carbocycles. The monoisotopic (exact) mass is 272 g/mol. The molecule has 1 rings (SSSR count). The average molecular weight is 272 g/mol. The molecule has 0 bridgehead atoms. The highest BCUT2D eigenvalue weighted by molar-refractivity contribution is 8.14. The van der Waals surface area contributed by atoms with E-state index in [-0.39, 0.29) is 17.6 Å². The number of aliphatic imine (C=N–C) groups is 1. The Kier molecular flexibility index (Phi) is 5.50. The van der Waals surface area contributed by atoms with E-state index >= 15 is 0 Å². The van der Waals surface area contributed by atoms with E-state index in [9.17, 15) is 4.79 Å². The van der Waals surface area contributed by atoms with E-state index in [0.717, 1.165) is 23.8 Å². The Hall–Kier alpha value is -0.710. The predicted octanol–water partition coefficient (Wildman–Crippen LogP) is 2.44. The summed E-state index contributed by atoms with van der Waals surface area (Å²) >= 11 is 1.69. The smallest absolute Gasteiger partial charge is 0.330 e. The maximum Gasteiger partial charge on any atom is 0.330 e. The second-order valence-corrected chi connectivity index (χ2v) is 6.39. The van der Waals surface area contributed by atoms with Gasteiger partial charge in [-0.1, -0.05) is 32.5 Å². The zero-order valence-corrected chi connectivity index (χ0v) is 12.8. The average Bonchev–Trinajstić information content (AvgIpc) is 2.69. The molecule has 2 atom stereocenters. The number of nitrogens with one attached hydrogen (secondary N) is 1. The van der Waals surface area contributed by atoms with Gasteiger partial charge in [-0.3, -0.25) is 0 Å². The quantitative estimate of drug-likeness (QED) is 0.781. The number of methoxy groups -OCH3 is 1. The van der Waals surface area contributed by atoms with E-state index in [0.29, 0.717) is 5.92 Å². The fourth-order valence-corrected chi connectivity index (χ4v) is 3.00. The second kappa shape index (κ2) is 6.45. The van der Waals surface area contributed by atoms with Gasteiger partial charge in [0.25, 0.3) is 0 Å². The van der Waals surface area contributed by atoms with Crippen molar-refractivity contribution in [3.05, 3.63) is 0 Å². The van der Waals surface area contributed by atoms with E-state index in [1.54, 1.807) is 11.8 Å². The van der Waals surface area contributed by atoms with Gasteiger partial charge < -0.3 is 10.1 Å². The topological polar surface area (TPSA) is 50.7 Å². The summed E-state index contributed by atoms with van der Waals surface area (Å²) in [5.41, 5.74) is 0.0992. The van der Waals surface area contributed by atoms with Crippen molar-refractivity contribution >= 4 is 22.9 Å². The molecule has 0 spiro atoms. The van der Waals surface area contributed by atoms with Gasteiger partial charge in [-0.15, -0.1) is 0 Å². The minimum atomic E-state index is -0.385. The predicted molar refractivity (Wildman–Crippen MR) is 77.0 cm³/mol. The Bertz CT molecular complexity index is 331. The van der Waals surface area contributed by atoms with Crippen LogP contribution in [0.2, 0.25) is 0 Å². The van der Waals surface area contributed by atoms with Crippen molar-refractivity contribution in [1.29, 1.82) is 0 Å². The maximum absolute atomic E-state index is 11.7. The molecule has 5 heteroatoms. The van der Waals surface area contributed by atoms with Crippen LogP contribution in [-0.4, -0.2) is 35.6 Å². The molecular formula is C13H24N2O2S. The summed E-state index contributed by atoms with van der Waals surface area (Å²) in [6.07, 6.45) is 1.77. The lowest BCUT2D eigenvalue weighted by atomic mass is 10.0. The molecule has 1 saturated heterocycles. The molecule has 1 fully saturated rings. The lowest BCUT2D eigenvalue weighted by Crippen LogP contribution is -2.40. The van der Waals surface area contributed by atoms with Crippen LogP contribution >= 0.6 is 11.8 Å². The van der Waals surface area contributed by atoms with E-state index in [2.05, 4.69) is 38.0 Å². The number of carbonyl (C=O) groups excluding carboxylic acids is 1. The molecule has 0 saturated carbocycles. The summed E-state index contributed by atoms with van der Waals surface area (Å²) in [6, 6.07) is -0.385. The van der Waals surface area contributed by atoms with Crippen molar-refractivity contribution in [2.45, 2.75) is 52.1 Å². The third-order valence-electron chi connectivity index (χ3n) is 3.16. The van der Waals surface area contributed by atoms with Crippen LogP contribution in [0, 0.1) is 5.92 Å². The fourth-order valence-electron chi connectivity index (χ4n) is 1.74. The third-order valence-corrected chi connectivity index (χ3v) is 4.42. The zero-order chi connectivity index (χ0) is 13.8. The van der Waals surface area contributed by atoms with Crippen molar-refractivity contribution in [1.82, 2.24) is 5.32 Å². The van der Waals surface area contributed by atoms with Gasteiger partial charge in [0.2, 0.25) is 0 Å². The van der Waals surface area contributed by atoms with Gasteiger partial charge in [-0.05, 0) is 25.7 Å². The number of amidine groups is 1. The molecule has 1 aliphatic rings. The molecule has 1 N–H and O–H groups in total. The van der Waals surface area contributed by atoms with Crippen LogP contribution < -0.4 is 5.32 Å². The van der Waals surface area contributed by atoms with Crippen LogP contribution in [-0.2, 0) is 9.53 Å². The van der Waals surface area contributed by atoms with Crippen molar-refractivity contribution in [2.75, 3.05) is 12.9 Å². The summed E-state index contributed by atoms with van der Waals surface area (Å²) in [6.45, 7) is 8.50. The Balaban J connectivity index is 2.74. The van der Waals surface area contributed by atoms with Gasteiger partial charge >= 0.3 is 5.97 Å². The molecule has 2 unspecified atom stereocenters. The molecule has 1 aliphatic heterocycles. The van der Waals surface area contributed by atoms with Crippen LogP contribution in [0.4, 0.5) is 0 Å². The normalized spacial score (nSPS) is 27.3. The van der Waals surface area contributed by atoms with E-state index in [1.807, 2.05) is 0 Å². The van der Waals surface area contributed by atoms with Gasteiger partial charge in [0.05, 0.1) is 7.11 Å². The van der Waals surface area contributed by atoms with Crippen LogP contribution in [0.25, 0.3) is 0 Å². The molecule has 18 heavy (non-hydrogen) atoms. The molecular weight excluding hydrogens is 248 g/mol. The third kappa shape index (κ3) is 4.19. The molecule has 0 radical (unpaired) electrons. The van der Waals surface area contributed by atoms with Crippen molar-refractivity contribution in [3.8, 4) is 0 Å². The summed E-state index contributed by atoms with van der Waals surface area (Å²) in [5.74, 6) is 1.17. The molecule has 0 amide bonds. The van der Waals surface area contributed by atoms with Crippen LogP contribution in [0.1, 0.15) is 40.5 Å². The Morgan fingerprint density at radius 2 is 2.28 bits per heavy atom. The first kappa shape index (κ1) is 15.3. The van der Waals surface area contributed by atoms with Gasteiger partial charge in [-0.2, -0.15) is 0 Å². The first-order valence-electron chi connectivity index (χ1n) is 6.47. The highest BCUT2D eigenvalue weighted by atomic mass is 32.2. The number of hydrogen-bond acceptors (Lipinski definition) is 4. The van der Waals surface area contributed by atoms with Gasteiger partial charge in [0.15, 0.2) is 11.2 Å². The number of esters is 1. The highest BCUT2D eigenvalue weighted by Gasteiger charge is 2.32. The number of ether oxygens (including phenoxy) is 1. The number of nitrogens with zero attached hydrogens (tertiary/aromatic N) is 1. The Morgan fingerprint density at radius 3 is 2.72 bits per heavy atom. The number of thioether (sulfide) groups is 1. The number of hydrogen-bond donors (Lipinski definition) is 1. The molecule has 0 aromatic heterocycles. The molecule has 104 valence electrons. The largest absolute Gasteiger partial charge is 0.467 e. The maximum atomic E-state index is 11.7. The molecule has 1 heterocycles. The van der Waals surface area contributed by atoms with Crippen LogP contribution in [0.3, 0.4) is 0 Å². The first-order valence-corrected chi connectivity index (χ1v) is 7.45. The molecule has 0 aromatic rings. The first-order chi connectivity index (χ1) is 8.40.